The molecular formula is C19H22F3N3O3. The first-order chi connectivity index (χ1) is 13.1. The lowest BCUT2D eigenvalue weighted by Crippen LogP contribution is -2.34. The Labute approximate surface area is 160 Å². The van der Waals surface area contributed by atoms with Gasteiger partial charge in [-0.3, -0.25) is 9.59 Å². The standard InChI is InChI=1S/C19H22F3N3O3/c1-12(2)11-28-8-7-23-18(27)17-16(26)9-13(3)25(24-17)15-6-4-5-14(10-15)19(20,21)22/h4-6,9-10,12H,7-8,11H2,1-3H3,(H,23,27). The van der Waals surface area contributed by atoms with Crippen LogP contribution in [0.2, 0.25) is 0 Å². The van der Waals surface area contributed by atoms with Crippen molar-refractivity contribution in [1.82, 2.24) is 15.1 Å². The van der Waals surface area contributed by atoms with Crippen molar-refractivity contribution in [3.63, 3.8) is 0 Å². The molecule has 0 saturated heterocycles. The summed E-state index contributed by atoms with van der Waals surface area (Å²) in [5.41, 5.74) is -1.45. The van der Waals surface area contributed by atoms with Crippen molar-refractivity contribution in [2.24, 2.45) is 5.92 Å². The summed E-state index contributed by atoms with van der Waals surface area (Å²) < 4.78 is 45.3. The Hall–Kier alpha value is -2.68. The van der Waals surface area contributed by atoms with E-state index in [2.05, 4.69) is 10.4 Å². The van der Waals surface area contributed by atoms with Gasteiger partial charge < -0.3 is 10.1 Å². The van der Waals surface area contributed by atoms with Crippen LogP contribution >= 0.6 is 0 Å². The highest BCUT2D eigenvalue weighted by Gasteiger charge is 2.30. The molecule has 2 aromatic rings. The highest BCUT2D eigenvalue weighted by atomic mass is 19.4. The molecule has 1 amide bonds. The second-order valence-corrected chi connectivity index (χ2v) is 6.68. The Bertz CT molecular complexity index is 892. The van der Waals surface area contributed by atoms with Gasteiger partial charge in [0.1, 0.15) is 0 Å². The van der Waals surface area contributed by atoms with E-state index in [4.69, 9.17) is 4.74 Å². The van der Waals surface area contributed by atoms with Crippen LogP contribution in [0.5, 0.6) is 0 Å². The molecule has 0 unspecified atom stereocenters. The minimum Gasteiger partial charge on any atom is -0.379 e. The van der Waals surface area contributed by atoms with Crippen molar-refractivity contribution < 1.29 is 22.7 Å². The largest absolute Gasteiger partial charge is 0.416 e. The van der Waals surface area contributed by atoms with Crippen molar-refractivity contribution >= 4 is 5.91 Å². The number of ether oxygens (including phenoxy) is 1. The fourth-order valence-corrected chi connectivity index (χ4v) is 2.42. The van der Waals surface area contributed by atoms with Crippen molar-refractivity contribution in [1.29, 1.82) is 0 Å². The quantitative estimate of drug-likeness (QED) is 0.729. The maximum Gasteiger partial charge on any atom is 0.416 e. The van der Waals surface area contributed by atoms with Crippen molar-refractivity contribution in [2.45, 2.75) is 26.9 Å². The van der Waals surface area contributed by atoms with Gasteiger partial charge in [0.2, 0.25) is 5.43 Å². The average Bonchev–Trinajstić information content (AvgIpc) is 2.60. The molecule has 0 atom stereocenters. The number of aromatic nitrogens is 2. The van der Waals surface area contributed by atoms with Gasteiger partial charge in [-0.2, -0.15) is 18.3 Å². The first-order valence-electron chi connectivity index (χ1n) is 8.74. The molecule has 0 spiro atoms. The molecule has 0 radical (unpaired) electrons. The Morgan fingerprint density at radius 3 is 2.64 bits per heavy atom. The summed E-state index contributed by atoms with van der Waals surface area (Å²) in [6.07, 6.45) is -4.51. The SMILES string of the molecule is Cc1cc(=O)c(C(=O)NCCOCC(C)C)nn1-c1cccc(C(F)(F)F)c1. The number of hydrogen-bond acceptors (Lipinski definition) is 4. The first-order valence-corrected chi connectivity index (χ1v) is 8.74. The summed E-state index contributed by atoms with van der Waals surface area (Å²) in [5.74, 6) is -0.354. The number of alkyl halides is 3. The van der Waals surface area contributed by atoms with E-state index in [0.29, 0.717) is 18.2 Å². The summed E-state index contributed by atoms with van der Waals surface area (Å²) in [4.78, 5) is 24.4. The van der Waals surface area contributed by atoms with Crippen LogP contribution < -0.4 is 10.7 Å². The predicted octanol–water partition coefficient (Wildman–Crippen LogP) is 2.96. The number of nitrogens with one attached hydrogen (secondary N) is 1. The number of hydrogen-bond donors (Lipinski definition) is 1. The van der Waals surface area contributed by atoms with Crippen LogP contribution in [0.3, 0.4) is 0 Å². The van der Waals surface area contributed by atoms with E-state index >= 15 is 0 Å². The second-order valence-electron chi connectivity index (χ2n) is 6.68. The summed E-state index contributed by atoms with van der Waals surface area (Å²) >= 11 is 0. The van der Waals surface area contributed by atoms with Crippen LogP contribution in [0.25, 0.3) is 5.69 Å². The molecule has 6 nitrogen and oxygen atoms in total. The van der Waals surface area contributed by atoms with E-state index in [-0.39, 0.29) is 18.8 Å². The van der Waals surface area contributed by atoms with Gasteiger partial charge >= 0.3 is 6.18 Å². The Kier molecular flexibility index (Phi) is 6.95. The number of rotatable bonds is 7. The second kappa shape index (κ2) is 9.01. The van der Waals surface area contributed by atoms with E-state index in [9.17, 15) is 22.8 Å². The van der Waals surface area contributed by atoms with Gasteiger partial charge in [-0.1, -0.05) is 19.9 Å². The van der Waals surface area contributed by atoms with Gasteiger partial charge in [0.15, 0.2) is 5.69 Å². The number of nitrogens with zero attached hydrogens (tertiary/aromatic N) is 2. The maximum absolute atomic E-state index is 13.0. The average molecular weight is 397 g/mol. The fraction of sp³-hybridized carbons (Fsp3) is 0.421. The van der Waals surface area contributed by atoms with Gasteiger partial charge in [0.25, 0.3) is 5.91 Å². The minimum atomic E-state index is -4.51. The molecule has 0 fully saturated rings. The third-order valence-corrected chi connectivity index (χ3v) is 3.72. The number of benzene rings is 1. The smallest absolute Gasteiger partial charge is 0.379 e. The predicted molar refractivity (Wildman–Crippen MR) is 97.6 cm³/mol. The Morgan fingerprint density at radius 1 is 1.29 bits per heavy atom. The van der Waals surface area contributed by atoms with Crippen LogP contribution in [0, 0.1) is 12.8 Å². The van der Waals surface area contributed by atoms with Gasteiger partial charge in [0.05, 0.1) is 17.9 Å². The summed E-state index contributed by atoms with van der Waals surface area (Å²) in [6.45, 7) is 6.51. The third kappa shape index (κ3) is 5.66. The zero-order valence-electron chi connectivity index (χ0n) is 15.8. The number of carbonyl (C=O) groups excluding carboxylic acids is 1. The summed E-state index contributed by atoms with van der Waals surface area (Å²) in [7, 11) is 0. The molecule has 2 rings (SSSR count). The van der Waals surface area contributed by atoms with Crippen LogP contribution in [-0.2, 0) is 10.9 Å². The van der Waals surface area contributed by atoms with E-state index in [1.54, 1.807) is 0 Å². The van der Waals surface area contributed by atoms with Gasteiger partial charge in [-0.15, -0.1) is 0 Å². The number of aryl methyl sites for hydroxylation is 1. The highest BCUT2D eigenvalue weighted by Crippen LogP contribution is 2.30. The number of carbonyl (C=O) groups is 1. The van der Waals surface area contributed by atoms with Crippen molar-refractivity contribution in [3.8, 4) is 5.69 Å². The van der Waals surface area contributed by atoms with Crippen LogP contribution in [0.15, 0.2) is 35.1 Å². The molecule has 0 aliphatic rings. The molecule has 0 saturated carbocycles. The van der Waals surface area contributed by atoms with Crippen LogP contribution in [0.1, 0.15) is 35.6 Å². The minimum absolute atomic E-state index is 0.0987. The molecular weight excluding hydrogens is 375 g/mol. The molecule has 28 heavy (non-hydrogen) atoms. The molecule has 1 aromatic carbocycles. The maximum atomic E-state index is 13.0. The molecule has 152 valence electrons. The van der Waals surface area contributed by atoms with Gasteiger partial charge in [-0.05, 0) is 31.0 Å². The van der Waals surface area contributed by atoms with Crippen LogP contribution in [-0.4, -0.2) is 35.4 Å². The van der Waals surface area contributed by atoms with E-state index < -0.39 is 28.8 Å². The van der Waals surface area contributed by atoms with Gasteiger partial charge in [0, 0.05) is 24.9 Å². The summed E-state index contributed by atoms with van der Waals surface area (Å²) in [5, 5.41) is 6.50. The molecule has 1 aromatic heterocycles. The zero-order valence-corrected chi connectivity index (χ0v) is 15.8. The summed E-state index contributed by atoms with van der Waals surface area (Å²) in [6, 6.07) is 5.67. The molecule has 0 aliphatic carbocycles. The highest BCUT2D eigenvalue weighted by molar-refractivity contribution is 5.92. The normalized spacial score (nSPS) is 11.7. The number of halogens is 3. The molecule has 0 aliphatic heterocycles. The molecule has 9 heteroatoms. The third-order valence-electron chi connectivity index (χ3n) is 3.72. The monoisotopic (exact) mass is 397 g/mol. The lowest BCUT2D eigenvalue weighted by atomic mass is 10.2. The zero-order chi connectivity index (χ0) is 20.9. The van der Waals surface area contributed by atoms with Gasteiger partial charge in [-0.25, -0.2) is 4.68 Å². The molecule has 1 heterocycles. The van der Waals surface area contributed by atoms with E-state index in [1.807, 2.05) is 13.8 Å². The van der Waals surface area contributed by atoms with Crippen LogP contribution in [0.4, 0.5) is 13.2 Å². The topological polar surface area (TPSA) is 73.2 Å². The Balaban J connectivity index is 2.23. The fourth-order valence-electron chi connectivity index (χ4n) is 2.42. The first kappa shape index (κ1) is 21.6. The molecule has 1 N–H and O–H groups in total. The van der Waals surface area contributed by atoms with E-state index in [0.717, 1.165) is 22.9 Å². The Morgan fingerprint density at radius 2 is 2.00 bits per heavy atom. The lowest BCUT2D eigenvalue weighted by Gasteiger charge is -2.13. The van der Waals surface area contributed by atoms with Crippen molar-refractivity contribution in [2.75, 3.05) is 19.8 Å². The lowest BCUT2D eigenvalue weighted by molar-refractivity contribution is -0.137. The van der Waals surface area contributed by atoms with Crippen molar-refractivity contribution in [3.05, 3.63) is 57.5 Å². The number of amides is 1. The molecule has 0 bridgehead atoms. The van der Waals surface area contributed by atoms with E-state index in [1.165, 1.54) is 19.1 Å².